The first-order chi connectivity index (χ1) is 13.3. The third kappa shape index (κ3) is 5.46. The van der Waals surface area contributed by atoms with Crippen LogP contribution in [0.25, 0.3) is 11.1 Å². The van der Waals surface area contributed by atoms with E-state index in [4.69, 9.17) is 5.26 Å². The summed E-state index contributed by atoms with van der Waals surface area (Å²) in [5.41, 5.74) is 6.42. The highest BCUT2D eigenvalue weighted by atomic mass is 14.3. The van der Waals surface area contributed by atoms with Crippen LogP contribution in [0.2, 0.25) is 0 Å². The van der Waals surface area contributed by atoms with Gasteiger partial charge in [-0.1, -0.05) is 82.2 Å². The van der Waals surface area contributed by atoms with E-state index in [1.165, 1.54) is 87.3 Å². The van der Waals surface area contributed by atoms with Gasteiger partial charge < -0.3 is 0 Å². The fourth-order valence-corrected chi connectivity index (χ4v) is 4.44. The summed E-state index contributed by atoms with van der Waals surface area (Å²) in [4.78, 5) is 0. The molecule has 2 aromatic rings. The molecule has 1 saturated carbocycles. The number of aryl methyl sites for hydroxylation is 1. The number of rotatable bonds is 8. The van der Waals surface area contributed by atoms with Gasteiger partial charge in [0.25, 0.3) is 0 Å². The summed E-state index contributed by atoms with van der Waals surface area (Å²) < 4.78 is 0. The van der Waals surface area contributed by atoms with Gasteiger partial charge in [-0.2, -0.15) is 5.26 Å². The Balaban J connectivity index is 1.81. The maximum absolute atomic E-state index is 9.08. The molecule has 1 aliphatic carbocycles. The van der Waals surface area contributed by atoms with E-state index >= 15 is 0 Å². The summed E-state index contributed by atoms with van der Waals surface area (Å²) in [7, 11) is 0. The molecule has 142 valence electrons. The predicted molar refractivity (Wildman–Crippen MR) is 115 cm³/mol. The van der Waals surface area contributed by atoms with E-state index in [9.17, 15) is 0 Å². The first-order valence-corrected chi connectivity index (χ1v) is 10.9. The van der Waals surface area contributed by atoms with Gasteiger partial charge in [0.2, 0.25) is 0 Å². The molecule has 0 amide bonds. The molecule has 0 spiro atoms. The van der Waals surface area contributed by atoms with Crippen LogP contribution in [-0.2, 0) is 6.42 Å². The average molecular weight is 360 g/mol. The van der Waals surface area contributed by atoms with Crippen molar-refractivity contribution in [1.29, 1.82) is 5.26 Å². The number of hydrogen-bond acceptors (Lipinski definition) is 1. The molecule has 0 N–H and O–H groups in total. The number of hydrogen-bond donors (Lipinski definition) is 0. The third-order valence-corrected chi connectivity index (χ3v) is 6.05. The SMILES string of the molecule is CCCCCCCc1ccc(-c2ccc(C#N)cc2)c(C2CCCCC2)c1. The first-order valence-electron chi connectivity index (χ1n) is 10.9. The largest absolute Gasteiger partial charge is 0.192 e. The highest BCUT2D eigenvalue weighted by Gasteiger charge is 2.19. The molecule has 0 radical (unpaired) electrons. The van der Waals surface area contributed by atoms with Gasteiger partial charge in [-0.25, -0.2) is 0 Å². The molecule has 1 fully saturated rings. The summed E-state index contributed by atoms with van der Waals surface area (Å²) in [6, 6.07) is 17.5. The molecule has 27 heavy (non-hydrogen) atoms. The maximum atomic E-state index is 9.08. The van der Waals surface area contributed by atoms with Gasteiger partial charge in [0.05, 0.1) is 11.6 Å². The first kappa shape index (κ1) is 19.7. The Hall–Kier alpha value is -2.07. The fourth-order valence-electron chi connectivity index (χ4n) is 4.44. The van der Waals surface area contributed by atoms with Crippen LogP contribution >= 0.6 is 0 Å². The van der Waals surface area contributed by atoms with Crippen molar-refractivity contribution in [2.24, 2.45) is 0 Å². The Bertz CT molecular complexity index is 745. The summed E-state index contributed by atoms with van der Waals surface area (Å²) >= 11 is 0. The molecule has 0 atom stereocenters. The van der Waals surface area contributed by atoms with Crippen LogP contribution in [0.4, 0.5) is 0 Å². The van der Waals surface area contributed by atoms with Crippen LogP contribution in [0, 0.1) is 11.3 Å². The highest BCUT2D eigenvalue weighted by molar-refractivity contribution is 5.69. The second kappa shape index (κ2) is 10.3. The molecule has 3 rings (SSSR count). The van der Waals surface area contributed by atoms with Crippen LogP contribution in [-0.4, -0.2) is 0 Å². The monoisotopic (exact) mass is 359 g/mol. The van der Waals surface area contributed by atoms with E-state index < -0.39 is 0 Å². The summed E-state index contributed by atoms with van der Waals surface area (Å²) in [6.45, 7) is 2.28. The van der Waals surface area contributed by atoms with Gasteiger partial charge in [-0.3, -0.25) is 0 Å². The van der Waals surface area contributed by atoms with Crippen LogP contribution in [0.5, 0.6) is 0 Å². The van der Waals surface area contributed by atoms with Crippen LogP contribution in [0.1, 0.15) is 93.7 Å². The number of nitrogens with zero attached hydrogens (tertiary/aromatic N) is 1. The molecule has 0 saturated heterocycles. The van der Waals surface area contributed by atoms with E-state index in [2.05, 4.69) is 43.3 Å². The van der Waals surface area contributed by atoms with Gasteiger partial charge in [0.15, 0.2) is 0 Å². The minimum absolute atomic E-state index is 0.699. The zero-order chi connectivity index (χ0) is 18.9. The van der Waals surface area contributed by atoms with Crippen molar-refractivity contribution in [3.8, 4) is 17.2 Å². The van der Waals surface area contributed by atoms with Crippen molar-refractivity contribution < 1.29 is 0 Å². The van der Waals surface area contributed by atoms with Crippen LogP contribution in [0.3, 0.4) is 0 Å². The van der Waals surface area contributed by atoms with E-state index in [1.807, 2.05) is 12.1 Å². The third-order valence-electron chi connectivity index (χ3n) is 6.05. The maximum Gasteiger partial charge on any atom is 0.0991 e. The molecule has 1 heteroatoms. The molecule has 2 aromatic carbocycles. The Kier molecular flexibility index (Phi) is 7.52. The van der Waals surface area contributed by atoms with Gasteiger partial charge in [-0.05, 0) is 66.0 Å². The lowest BCUT2D eigenvalue weighted by atomic mass is 9.80. The molecular formula is C26H33N. The van der Waals surface area contributed by atoms with E-state index in [0.29, 0.717) is 5.92 Å². The standard InChI is InChI=1S/C26H33N/c1-2-3-4-5-7-10-21-15-18-25(24-16-13-22(20-27)14-17-24)26(19-21)23-11-8-6-9-12-23/h13-19,23H,2-12H2,1H3. The lowest BCUT2D eigenvalue weighted by molar-refractivity contribution is 0.444. The Labute approximate surface area is 165 Å². The number of nitriles is 1. The smallest absolute Gasteiger partial charge is 0.0991 e. The summed E-state index contributed by atoms with van der Waals surface area (Å²) in [5, 5.41) is 9.08. The van der Waals surface area contributed by atoms with Crippen molar-refractivity contribution in [3.63, 3.8) is 0 Å². The Morgan fingerprint density at radius 3 is 2.33 bits per heavy atom. The van der Waals surface area contributed by atoms with Crippen molar-refractivity contribution in [1.82, 2.24) is 0 Å². The summed E-state index contributed by atoms with van der Waals surface area (Å²) in [5.74, 6) is 0.699. The van der Waals surface area contributed by atoms with Crippen LogP contribution in [0.15, 0.2) is 42.5 Å². The lowest BCUT2D eigenvalue weighted by Gasteiger charge is -2.25. The molecule has 0 aromatic heterocycles. The van der Waals surface area contributed by atoms with Gasteiger partial charge >= 0.3 is 0 Å². The van der Waals surface area contributed by atoms with E-state index in [1.54, 1.807) is 5.56 Å². The molecule has 1 nitrogen and oxygen atoms in total. The minimum atomic E-state index is 0.699. The molecule has 1 aliphatic rings. The van der Waals surface area contributed by atoms with Crippen molar-refractivity contribution in [2.45, 2.75) is 83.5 Å². The molecule has 0 unspecified atom stereocenters. The number of unbranched alkanes of at least 4 members (excludes halogenated alkanes) is 4. The minimum Gasteiger partial charge on any atom is -0.192 e. The van der Waals surface area contributed by atoms with Crippen molar-refractivity contribution in [2.75, 3.05) is 0 Å². The topological polar surface area (TPSA) is 23.8 Å². The van der Waals surface area contributed by atoms with E-state index in [-0.39, 0.29) is 0 Å². The quantitative estimate of drug-likeness (QED) is 0.441. The second-order valence-corrected chi connectivity index (χ2v) is 8.11. The van der Waals surface area contributed by atoms with Crippen LogP contribution < -0.4 is 0 Å². The Morgan fingerprint density at radius 2 is 1.63 bits per heavy atom. The lowest BCUT2D eigenvalue weighted by Crippen LogP contribution is -2.07. The molecule has 0 aliphatic heterocycles. The molecular weight excluding hydrogens is 326 g/mol. The second-order valence-electron chi connectivity index (χ2n) is 8.11. The van der Waals surface area contributed by atoms with Crippen molar-refractivity contribution in [3.05, 3.63) is 59.2 Å². The zero-order valence-electron chi connectivity index (χ0n) is 16.8. The van der Waals surface area contributed by atoms with Gasteiger partial charge in [0, 0.05) is 0 Å². The average Bonchev–Trinajstić information content (AvgIpc) is 2.74. The summed E-state index contributed by atoms with van der Waals surface area (Å²) in [6.07, 6.45) is 14.7. The van der Waals surface area contributed by atoms with Gasteiger partial charge in [-0.15, -0.1) is 0 Å². The normalized spacial score (nSPS) is 14.8. The number of benzene rings is 2. The van der Waals surface area contributed by atoms with Crippen molar-refractivity contribution >= 4 is 0 Å². The van der Waals surface area contributed by atoms with E-state index in [0.717, 1.165) is 5.56 Å². The molecule has 0 bridgehead atoms. The fraction of sp³-hybridized carbons (Fsp3) is 0.500. The molecule has 0 heterocycles. The van der Waals surface area contributed by atoms with Gasteiger partial charge in [0.1, 0.15) is 0 Å². The highest BCUT2D eigenvalue weighted by Crippen LogP contribution is 2.39. The zero-order valence-corrected chi connectivity index (χ0v) is 16.8. The Morgan fingerprint density at radius 1 is 0.889 bits per heavy atom. The predicted octanol–water partition coefficient (Wildman–Crippen LogP) is 7.79.